The van der Waals surface area contributed by atoms with Gasteiger partial charge in [-0.05, 0) is 48.1 Å². The zero-order valence-corrected chi connectivity index (χ0v) is 12.0. The first-order valence-corrected chi connectivity index (χ1v) is 7.48. The molecule has 1 aliphatic rings. The van der Waals surface area contributed by atoms with Gasteiger partial charge in [-0.3, -0.25) is 0 Å². The standard InChI is InChI=1S/C19H20O2/c20-19-9-5-4-8-18(19)16-10-12-17(13-11-16)21-14-15-6-2-1-3-7-15/h1-3,6-8,10-13,19-20H,4-5,9,14H2/t19-/m0/s1. The minimum Gasteiger partial charge on any atom is -0.489 e. The van der Waals surface area contributed by atoms with Gasteiger partial charge in [0, 0.05) is 0 Å². The summed E-state index contributed by atoms with van der Waals surface area (Å²) in [5.74, 6) is 0.855. The monoisotopic (exact) mass is 280 g/mol. The van der Waals surface area contributed by atoms with Crippen molar-refractivity contribution in [2.75, 3.05) is 0 Å². The lowest BCUT2D eigenvalue weighted by Gasteiger charge is -2.19. The molecule has 0 aromatic heterocycles. The first-order chi connectivity index (χ1) is 10.3. The molecule has 0 bridgehead atoms. The highest BCUT2D eigenvalue weighted by Crippen LogP contribution is 2.28. The van der Waals surface area contributed by atoms with Crippen molar-refractivity contribution in [3.05, 3.63) is 71.8 Å². The molecule has 1 N–H and O–H groups in total. The molecule has 21 heavy (non-hydrogen) atoms. The summed E-state index contributed by atoms with van der Waals surface area (Å²) in [6, 6.07) is 18.1. The van der Waals surface area contributed by atoms with Gasteiger partial charge in [-0.2, -0.15) is 0 Å². The average Bonchev–Trinajstić information content (AvgIpc) is 2.55. The van der Waals surface area contributed by atoms with Gasteiger partial charge in [0.15, 0.2) is 0 Å². The van der Waals surface area contributed by atoms with Crippen LogP contribution in [0.3, 0.4) is 0 Å². The summed E-state index contributed by atoms with van der Waals surface area (Å²) in [6.45, 7) is 0.575. The Kier molecular flexibility index (Phi) is 4.37. The van der Waals surface area contributed by atoms with E-state index in [0.717, 1.165) is 41.7 Å². The highest BCUT2D eigenvalue weighted by Gasteiger charge is 2.16. The number of aliphatic hydroxyl groups is 1. The van der Waals surface area contributed by atoms with Crippen LogP contribution in [0.4, 0.5) is 0 Å². The molecule has 3 rings (SSSR count). The van der Waals surface area contributed by atoms with E-state index in [9.17, 15) is 5.11 Å². The van der Waals surface area contributed by atoms with Crippen molar-refractivity contribution in [1.82, 2.24) is 0 Å². The zero-order valence-electron chi connectivity index (χ0n) is 12.0. The highest BCUT2D eigenvalue weighted by atomic mass is 16.5. The average molecular weight is 280 g/mol. The second-order valence-corrected chi connectivity index (χ2v) is 5.40. The van der Waals surface area contributed by atoms with E-state index in [2.05, 4.69) is 18.2 Å². The van der Waals surface area contributed by atoms with E-state index in [1.165, 1.54) is 0 Å². The molecule has 1 aliphatic carbocycles. The minimum absolute atomic E-state index is 0.324. The topological polar surface area (TPSA) is 29.5 Å². The Morgan fingerprint density at radius 3 is 2.48 bits per heavy atom. The van der Waals surface area contributed by atoms with Crippen LogP contribution < -0.4 is 4.74 Å². The first kappa shape index (κ1) is 13.9. The first-order valence-electron chi connectivity index (χ1n) is 7.48. The largest absolute Gasteiger partial charge is 0.489 e. The van der Waals surface area contributed by atoms with Crippen LogP contribution in [0.25, 0.3) is 5.57 Å². The van der Waals surface area contributed by atoms with Gasteiger partial charge in [0.1, 0.15) is 12.4 Å². The number of rotatable bonds is 4. The highest BCUT2D eigenvalue weighted by molar-refractivity contribution is 5.69. The van der Waals surface area contributed by atoms with Crippen LogP contribution in [0.2, 0.25) is 0 Å². The lowest BCUT2D eigenvalue weighted by molar-refractivity contribution is 0.214. The summed E-state index contributed by atoms with van der Waals surface area (Å²) in [5, 5.41) is 10.0. The number of hydrogen-bond donors (Lipinski definition) is 1. The molecule has 0 fully saturated rings. The Morgan fingerprint density at radius 1 is 1.00 bits per heavy atom. The van der Waals surface area contributed by atoms with Crippen LogP contribution in [0.5, 0.6) is 5.75 Å². The van der Waals surface area contributed by atoms with E-state index < -0.39 is 0 Å². The summed E-state index contributed by atoms with van der Waals surface area (Å²) in [5.41, 5.74) is 3.30. The van der Waals surface area contributed by atoms with Gasteiger partial charge in [-0.15, -0.1) is 0 Å². The van der Waals surface area contributed by atoms with E-state index in [4.69, 9.17) is 4.74 Å². The molecule has 0 unspecified atom stereocenters. The molecule has 0 spiro atoms. The van der Waals surface area contributed by atoms with Crippen molar-refractivity contribution < 1.29 is 9.84 Å². The smallest absolute Gasteiger partial charge is 0.119 e. The Morgan fingerprint density at radius 2 is 1.76 bits per heavy atom. The number of benzene rings is 2. The van der Waals surface area contributed by atoms with Crippen molar-refractivity contribution >= 4 is 5.57 Å². The van der Waals surface area contributed by atoms with Crippen molar-refractivity contribution in [2.45, 2.75) is 32.0 Å². The van der Waals surface area contributed by atoms with Crippen LogP contribution in [0.15, 0.2) is 60.7 Å². The Bertz CT molecular complexity index is 599. The van der Waals surface area contributed by atoms with E-state index >= 15 is 0 Å². The normalized spacial score (nSPS) is 18.1. The van der Waals surface area contributed by atoms with Gasteiger partial charge in [0.05, 0.1) is 6.10 Å². The van der Waals surface area contributed by atoms with Crippen molar-refractivity contribution in [2.24, 2.45) is 0 Å². The molecule has 2 aromatic rings. The maximum absolute atomic E-state index is 10.0. The predicted molar refractivity (Wildman–Crippen MR) is 85.1 cm³/mol. The number of aliphatic hydroxyl groups excluding tert-OH is 1. The zero-order chi connectivity index (χ0) is 14.5. The molecule has 2 heteroatoms. The van der Waals surface area contributed by atoms with Crippen molar-refractivity contribution in [3.63, 3.8) is 0 Å². The van der Waals surface area contributed by atoms with Crippen molar-refractivity contribution in [1.29, 1.82) is 0 Å². The fourth-order valence-electron chi connectivity index (χ4n) is 2.66. The molecule has 0 radical (unpaired) electrons. The van der Waals surface area contributed by atoms with Gasteiger partial charge in [0.25, 0.3) is 0 Å². The molecule has 0 heterocycles. The summed E-state index contributed by atoms with van der Waals surface area (Å²) in [4.78, 5) is 0. The summed E-state index contributed by atoms with van der Waals surface area (Å²) in [7, 11) is 0. The third-order valence-corrected chi connectivity index (χ3v) is 3.84. The van der Waals surface area contributed by atoms with E-state index in [-0.39, 0.29) is 6.10 Å². The number of hydrogen-bond acceptors (Lipinski definition) is 2. The molecule has 0 saturated carbocycles. The van der Waals surface area contributed by atoms with Gasteiger partial charge < -0.3 is 9.84 Å². The number of ether oxygens (including phenoxy) is 1. The van der Waals surface area contributed by atoms with E-state index in [0.29, 0.717) is 6.61 Å². The SMILES string of the molecule is O[C@H]1CCCC=C1c1ccc(OCc2ccccc2)cc1. The lowest BCUT2D eigenvalue weighted by atomic mass is 9.91. The molecule has 1 atom stereocenters. The van der Waals surface area contributed by atoms with Crippen LogP contribution in [-0.4, -0.2) is 11.2 Å². The second kappa shape index (κ2) is 6.59. The minimum atomic E-state index is -0.324. The van der Waals surface area contributed by atoms with E-state index in [1.54, 1.807) is 0 Å². The lowest BCUT2D eigenvalue weighted by Crippen LogP contribution is -2.12. The Hall–Kier alpha value is -2.06. The summed E-state index contributed by atoms with van der Waals surface area (Å²) >= 11 is 0. The summed E-state index contributed by atoms with van der Waals surface area (Å²) < 4.78 is 5.78. The van der Waals surface area contributed by atoms with Crippen LogP contribution in [-0.2, 0) is 6.61 Å². The van der Waals surface area contributed by atoms with E-state index in [1.807, 2.05) is 42.5 Å². The van der Waals surface area contributed by atoms with Gasteiger partial charge in [0.2, 0.25) is 0 Å². The third kappa shape index (κ3) is 3.53. The molecule has 108 valence electrons. The van der Waals surface area contributed by atoms with Crippen LogP contribution in [0.1, 0.15) is 30.4 Å². The summed E-state index contributed by atoms with van der Waals surface area (Å²) in [6.07, 6.45) is 4.81. The molecular weight excluding hydrogens is 260 g/mol. The van der Waals surface area contributed by atoms with Gasteiger partial charge in [-0.1, -0.05) is 48.5 Å². The molecule has 2 aromatic carbocycles. The van der Waals surface area contributed by atoms with Gasteiger partial charge in [-0.25, -0.2) is 0 Å². The maximum atomic E-state index is 10.0. The van der Waals surface area contributed by atoms with Crippen LogP contribution in [0, 0.1) is 0 Å². The predicted octanol–water partition coefficient (Wildman–Crippen LogP) is 4.19. The molecule has 0 aliphatic heterocycles. The van der Waals surface area contributed by atoms with Crippen molar-refractivity contribution in [3.8, 4) is 5.75 Å². The fraction of sp³-hybridized carbons (Fsp3) is 0.263. The van der Waals surface area contributed by atoms with Gasteiger partial charge >= 0.3 is 0 Å². The second-order valence-electron chi connectivity index (χ2n) is 5.40. The Labute approximate surface area is 125 Å². The number of allylic oxidation sites excluding steroid dienone is 1. The quantitative estimate of drug-likeness (QED) is 0.909. The maximum Gasteiger partial charge on any atom is 0.119 e. The molecule has 2 nitrogen and oxygen atoms in total. The van der Waals surface area contributed by atoms with Crippen LogP contribution >= 0.6 is 0 Å². The third-order valence-electron chi connectivity index (χ3n) is 3.84. The molecule has 0 amide bonds. The molecule has 0 saturated heterocycles. The fourth-order valence-corrected chi connectivity index (χ4v) is 2.66. The molecular formula is C19H20O2. The Balaban J connectivity index is 1.65.